The zero-order valence-corrected chi connectivity index (χ0v) is 17.5. The van der Waals surface area contributed by atoms with Gasteiger partial charge in [-0.25, -0.2) is 4.39 Å². The number of rotatable bonds is 6. The topological polar surface area (TPSA) is 23.6 Å². The van der Waals surface area contributed by atoms with E-state index < -0.39 is 0 Å². The molecule has 1 heterocycles. The molecule has 0 aliphatic carbocycles. The predicted octanol–water partition coefficient (Wildman–Crippen LogP) is 4.95. The van der Waals surface area contributed by atoms with E-state index in [0.717, 1.165) is 30.2 Å². The van der Waals surface area contributed by atoms with Gasteiger partial charge in [0.2, 0.25) is 5.91 Å². The van der Waals surface area contributed by atoms with Gasteiger partial charge >= 0.3 is 0 Å². The lowest BCUT2D eigenvalue weighted by molar-refractivity contribution is -0.131. The monoisotopic (exact) mass is 402 g/mol. The van der Waals surface area contributed by atoms with E-state index in [1.165, 1.54) is 11.6 Å². The molecule has 150 valence electrons. The van der Waals surface area contributed by atoms with Crippen LogP contribution in [0.15, 0.2) is 48.5 Å². The minimum absolute atomic E-state index is 0.0872. The van der Waals surface area contributed by atoms with Crippen molar-refractivity contribution in [1.29, 1.82) is 0 Å². The molecule has 0 unspecified atom stereocenters. The summed E-state index contributed by atoms with van der Waals surface area (Å²) in [6.07, 6.45) is 0. The standard InChI is InChI=1S/C23H28ClFN2O/c1-16(2)27(17(3)28)14-20-13-26(12-18-7-9-21(24)10-8-18)15-23(20)19-5-4-6-22(25)11-19/h4-11,16,20,23H,12-15H2,1-3H3/t20-,23-/m0/s1. The summed E-state index contributed by atoms with van der Waals surface area (Å²) >= 11 is 6.00. The number of benzene rings is 2. The summed E-state index contributed by atoms with van der Waals surface area (Å²) in [5, 5.41) is 0.731. The number of likely N-dealkylation sites (tertiary alicyclic amines) is 1. The van der Waals surface area contributed by atoms with E-state index in [1.807, 2.05) is 49.1 Å². The minimum atomic E-state index is -0.209. The number of halogens is 2. The minimum Gasteiger partial charge on any atom is -0.340 e. The molecule has 28 heavy (non-hydrogen) atoms. The number of carbonyl (C=O) groups is 1. The van der Waals surface area contributed by atoms with Crippen molar-refractivity contribution in [3.63, 3.8) is 0 Å². The van der Waals surface area contributed by atoms with Crippen LogP contribution in [0.4, 0.5) is 4.39 Å². The van der Waals surface area contributed by atoms with Crippen LogP contribution in [0.25, 0.3) is 0 Å². The highest BCUT2D eigenvalue weighted by atomic mass is 35.5. The van der Waals surface area contributed by atoms with Gasteiger partial charge in [-0.15, -0.1) is 0 Å². The molecule has 0 spiro atoms. The van der Waals surface area contributed by atoms with E-state index >= 15 is 0 Å². The maximum absolute atomic E-state index is 13.9. The molecule has 1 fully saturated rings. The average Bonchev–Trinajstić information content (AvgIpc) is 3.03. The summed E-state index contributed by atoms with van der Waals surface area (Å²) in [4.78, 5) is 16.4. The molecular formula is C23H28ClFN2O. The van der Waals surface area contributed by atoms with Gasteiger partial charge in [0.1, 0.15) is 5.82 Å². The van der Waals surface area contributed by atoms with Crippen molar-refractivity contribution < 1.29 is 9.18 Å². The van der Waals surface area contributed by atoms with Crippen LogP contribution in [-0.2, 0) is 11.3 Å². The molecule has 3 nitrogen and oxygen atoms in total. The third-order valence-electron chi connectivity index (χ3n) is 5.57. The Morgan fingerprint density at radius 1 is 1.21 bits per heavy atom. The fourth-order valence-corrected chi connectivity index (χ4v) is 4.32. The maximum atomic E-state index is 13.9. The second-order valence-electron chi connectivity index (χ2n) is 8.01. The van der Waals surface area contributed by atoms with Gasteiger partial charge in [-0.3, -0.25) is 9.69 Å². The normalized spacial score (nSPS) is 19.9. The van der Waals surface area contributed by atoms with Crippen molar-refractivity contribution in [2.45, 2.75) is 39.3 Å². The SMILES string of the molecule is CC(=O)N(C[C@@H]1CN(Cc2ccc(Cl)cc2)C[C@H]1c1cccc(F)c1)C(C)C. The van der Waals surface area contributed by atoms with Crippen LogP contribution in [0.2, 0.25) is 5.02 Å². The van der Waals surface area contributed by atoms with Gasteiger partial charge in [0.25, 0.3) is 0 Å². The molecular weight excluding hydrogens is 375 g/mol. The molecule has 2 atom stereocenters. The number of carbonyl (C=O) groups excluding carboxylic acids is 1. The predicted molar refractivity (Wildman–Crippen MR) is 112 cm³/mol. The maximum Gasteiger partial charge on any atom is 0.219 e. The summed E-state index contributed by atoms with van der Waals surface area (Å²) in [5.74, 6) is 0.341. The Hall–Kier alpha value is -1.91. The highest BCUT2D eigenvalue weighted by molar-refractivity contribution is 6.30. The lowest BCUT2D eigenvalue weighted by Gasteiger charge is -2.30. The van der Waals surface area contributed by atoms with Crippen molar-refractivity contribution in [2.24, 2.45) is 5.92 Å². The van der Waals surface area contributed by atoms with E-state index in [-0.39, 0.29) is 29.6 Å². The molecule has 1 aliphatic heterocycles. The van der Waals surface area contributed by atoms with Crippen LogP contribution in [-0.4, -0.2) is 41.4 Å². The lowest BCUT2D eigenvalue weighted by Crippen LogP contribution is -2.40. The second kappa shape index (κ2) is 9.06. The van der Waals surface area contributed by atoms with Gasteiger partial charge in [0.05, 0.1) is 0 Å². The Kier molecular flexibility index (Phi) is 6.73. The molecule has 0 bridgehead atoms. The van der Waals surface area contributed by atoms with Crippen LogP contribution in [0.3, 0.4) is 0 Å². The Morgan fingerprint density at radius 2 is 1.93 bits per heavy atom. The Balaban J connectivity index is 1.81. The molecule has 0 N–H and O–H groups in total. The zero-order chi connectivity index (χ0) is 20.3. The first-order valence-corrected chi connectivity index (χ1v) is 10.2. The van der Waals surface area contributed by atoms with Crippen LogP contribution in [0.1, 0.15) is 37.8 Å². The molecule has 2 aromatic rings. The van der Waals surface area contributed by atoms with Crippen molar-refractivity contribution >= 4 is 17.5 Å². The molecule has 0 radical (unpaired) electrons. The summed E-state index contributed by atoms with van der Waals surface area (Å²) < 4.78 is 13.9. The first-order chi connectivity index (χ1) is 13.3. The largest absolute Gasteiger partial charge is 0.340 e. The fourth-order valence-electron chi connectivity index (χ4n) is 4.19. The van der Waals surface area contributed by atoms with Crippen LogP contribution in [0.5, 0.6) is 0 Å². The number of amides is 1. The van der Waals surface area contributed by atoms with Gasteiger partial charge in [-0.1, -0.05) is 35.9 Å². The van der Waals surface area contributed by atoms with E-state index in [9.17, 15) is 9.18 Å². The Labute approximate surface area is 172 Å². The molecule has 5 heteroatoms. The second-order valence-corrected chi connectivity index (χ2v) is 8.44. The molecule has 0 aromatic heterocycles. The van der Waals surface area contributed by atoms with E-state index in [0.29, 0.717) is 6.54 Å². The van der Waals surface area contributed by atoms with Crippen molar-refractivity contribution in [3.05, 3.63) is 70.5 Å². The molecule has 3 rings (SSSR count). The third-order valence-corrected chi connectivity index (χ3v) is 5.82. The molecule has 1 saturated heterocycles. The van der Waals surface area contributed by atoms with Gasteiger partial charge in [-0.2, -0.15) is 0 Å². The van der Waals surface area contributed by atoms with E-state index in [2.05, 4.69) is 4.90 Å². The highest BCUT2D eigenvalue weighted by Gasteiger charge is 2.36. The Morgan fingerprint density at radius 3 is 2.54 bits per heavy atom. The summed E-state index contributed by atoms with van der Waals surface area (Å²) in [5.41, 5.74) is 2.21. The highest BCUT2D eigenvalue weighted by Crippen LogP contribution is 2.35. The fraction of sp³-hybridized carbons (Fsp3) is 0.435. The average molecular weight is 403 g/mol. The number of nitrogens with zero attached hydrogens (tertiary/aromatic N) is 2. The first-order valence-electron chi connectivity index (χ1n) is 9.83. The molecule has 2 aromatic carbocycles. The Bertz CT molecular complexity index is 809. The van der Waals surface area contributed by atoms with Crippen LogP contribution >= 0.6 is 11.6 Å². The first kappa shape index (κ1) is 20.8. The number of hydrogen-bond donors (Lipinski definition) is 0. The van der Waals surface area contributed by atoms with Gasteiger partial charge in [-0.05, 0) is 55.2 Å². The molecule has 1 aliphatic rings. The van der Waals surface area contributed by atoms with Crippen LogP contribution < -0.4 is 0 Å². The van der Waals surface area contributed by atoms with Crippen molar-refractivity contribution in [3.8, 4) is 0 Å². The van der Waals surface area contributed by atoms with Gasteiger partial charge in [0.15, 0.2) is 0 Å². The lowest BCUT2D eigenvalue weighted by atomic mass is 9.88. The third kappa shape index (κ3) is 5.12. The quantitative estimate of drug-likeness (QED) is 0.682. The zero-order valence-electron chi connectivity index (χ0n) is 16.7. The number of hydrogen-bond acceptors (Lipinski definition) is 2. The summed E-state index contributed by atoms with van der Waals surface area (Å²) in [6.45, 7) is 8.93. The van der Waals surface area contributed by atoms with Crippen molar-refractivity contribution in [2.75, 3.05) is 19.6 Å². The van der Waals surface area contributed by atoms with Gasteiger partial charge in [0, 0.05) is 50.1 Å². The van der Waals surface area contributed by atoms with E-state index in [4.69, 9.17) is 11.6 Å². The summed E-state index contributed by atoms with van der Waals surface area (Å²) in [6, 6.07) is 14.9. The van der Waals surface area contributed by atoms with Gasteiger partial charge < -0.3 is 4.90 Å². The van der Waals surface area contributed by atoms with Crippen LogP contribution in [0, 0.1) is 11.7 Å². The van der Waals surface area contributed by atoms with Crippen molar-refractivity contribution in [1.82, 2.24) is 9.80 Å². The molecule has 0 saturated carbocycles. The van der Waals surface area contributed by atoms with E-state index in [1.54, 1.807) is 19.1 Å². The smallest absolute Gasteiger partial charge is 0.219 e. The summed E-state index contributed by atoms with van der Waals surface area (Å²) in [7, 11) is 0. The molecule has 1 amide bonds.